The molecule has 24 heavy (non-hydrogen) atoms. The van der Waals surface area contributed by atoms with E-state index in [1.807, 2.05) is 0 Å². The largest absolute Gasteiger partial charge is 0.377 e. The minimum absolute atomic E-state index is 0.0194. The van der Waals surface area contributed by atoms with Crippen molar-refractivity contribution in [2.24, 2.45) is 5.92 Å². The Hall–Kier alpha value is -0.760. The molecule has 9 heteroatoms. The van der Waals surface area contributed by atoms with Crippen LogP contribution in [-0.4, -0.2) is 50.0 Å². The van der Waals surface area contributed by atoms with E-state index in [1.165, 1.54) is 30.7 Å². The summed E-state index contributed by atoms with van der Waals surface area (Å²) in [4.78, 5) is 0.191. The number of benzene rings is 1. The van der Waals surface area contributed by atoms with Gasteiger partial charge < -0.3 is 14.2 Å². The van der Waals surface area contributed by atoms with E-state index in [9.17, 15) is 18.1 Å². The van der Waals surface area contributed by atoms with Crippen LogP contribution in [0.3, 0.4) is 0 Å². The molecule has 1 aliphatic heterocycles. The van der Waals surface area contributed by atoms with Crippen molar-refractivity contribution < 1.29 is 27.1 Å². The molecule has 1 aromatic carbocycles. The quantitative estimate of drug-likeness (QED) is 0.792. The molecule has 0 saturated carbocycles. The zero-order valence-corrected chi connectivity index (χ0v) is 16.0. The highest BCUT2D eigenvalue weighted by Gasteiger charge is 2.57. The first kappa shape index (κ1) is 19.6. The first-order valence-electron chi connectivity index (χ1n) is 7.63. The predicted octanol–water partition coefficient (Wildman–Crippen LogP) is 2.28. The smallest absolute Gasteiger partial charge is 0.361 e. The van der Waals surface area contributed by atoms with Gasteiger partial charge in [-0.1, -0.05) is 25.1 Å². The van der Waals surface area contributed by atoms with E-state index in [2.05, 4.69) is 0 Å². The molecule has 0 amide bonds. The molecule has 3 atom stereocenters. The average Bonchev–Trinajstić information content (AvgIpc) is 2.57. The van der Waals surface area contributed by atoms with E-state index < -0.39 is 34.9 Å². The number of piperidine rings is 1. The Morgan fingerprint density at radius 1 is 1.21 bits per heavy atom. The summed E-state index contributed by atoms with van der Waals surface area (Å²) in [5, 5.41) is 9.21. The monoisotopic (exact) mass is 377 g/mol. The van der Waals surface area contributed by atoms with Gasteiger partial charge in [0.25, 0.3) is 0 Å². The van der Waals surface area contributed by atoms with E-state index in [-0.39, 0.29) is 17.9 Å². The molecule has 1 saturated heterocycles. The Kier molecular flexibility index (Phi) is 5.59. The number of hydrogen-bond acceptors (Lipinski definition) is 6. The summed E-state index contributed by atoms with van der Waals surface area (Å²) in [5.41, 5.74) is 0. The standard InChI is InChI=1S/C15H24NO6PS/c1-12-11-16(24(19,20)14-8-6-5-7-9-14)13(2)10-15(12,17)23(18,21-3)22-4/h5-9,12-13,17H,10-11H2,1-4H3/t12-,13-,15+/m0/s1. The topological polar surface area (TPSA) is 93.1 Å². The highest BCUT2D eigenvalue weighted by atomic mass is 32.2. The molecule has 1 aromatic rings. The molecule has 0 radical (unpaired) electrons. The molecule has 0 spiro atoms. The predicted molar refractivity (Wildman–Crippen MR) is 90.2 cm³/mol. The first-order chi connectivity index (χ1) is 11.1. The Balaban J connectivity index is 2.37. The van der Waals surface area contributed by atoms with Crippen LogP contribution in [0.5, 0.6) is 0 Å². The zero-order chi connectivity index (χ0) is 18.2. The van der Waals surface area contributed by atoms with E-state index in [1.54, 1.807) is 32.0 Å². The Bertz CT molecular complexity index is 717. The van der Waals surface area contributed by atoms with Crippen LogP contribution in [0.2, 0.25) is 0 Å². The highest BCUT2D eigenvalue weighted by Crippen LogP contribution is 2.64. The fraction of sp³-hybridized carbons (Fsp3) is 0.600. The van der Waals surface area contributed by atoms with Crippen LogP contribution in [0.4, 0.5) is 0 Å². The minimum atomic E-state index is -3.78. The van der Waals surface area contributed by atoms with Gasteiger partial charge in [0.15, 0.2) is 5.34 Å². The number of nitrogens with zero attached hydrogens (tertiary/aromatic N) is 1. The Morgan fingerprint density at radius 2 is 1.75 bits per heavy atom. The molecule has 0 bridgehead atoms. The van der Waals surface area contributed by atoms with Gasteiger partial charge in [0.1, 0.15) is 0 Å². The summed E-state index contributed by atoms with van der Waals surface area (Å²) >= 11 is 0. The molecule has 0 aliphatic carbocycles. The van der Waals surface area contributed by atoms with Gasteiger partial charge in [-0.15, -0.1) is 0 Å². The molecule has 0 unspecified atom stereocenters. The van der Waals surface area contributed by atoms with Crippen LogP contribution >= 0.6 is 7.60 Å². The second-order valence-electron chi connectivity index (χ2n) is 6.08. The van der Waals surface area contributed by atoms with Crippen LogP contribution in [0, 0.1) is 5.92 Å². The highest BCUT2D eigenvalue weighted by molar-refractivity contribution is 7.89. The van der Waals surface area contributed by atoms with Crippen LogP contribution in [0.1, 0.15) is 20.3 Å². The van der Waals surface area contributed by atoms with Crippen molar-refractivity contribution >= 4 is 17.6 Å². The van der Waals surface area contributed by atoms with Gasteiger partial charge in [0.2, 0.25) is 10.0 Å². The maximum atomic E-state index is 12.9. The van der Waals surface area contributed by atoms with Gasteiger partial charge in [-0.05, 0) is 19.1 Å². The summed E-state index contributed by atoms with van der Waals surface area (Å²) < 4.78 is 49.7. The molecule has 1 aliphatic rings. The number of aliphatic hydroxyl groups is 1. The summed E-state index contributed by atoms with van der Waals surface area (Å²) in [6, 6.07) is 7.56. The van der Waals surface area contributed by atoms with E-state index >= 15 is 0 Å². The molecule has 1 fully saturated rings. The normalized spacial score (nSPS) is 29.5. The van der Waals surface area contributed by atoms with Crippen molar-refractivity contribution in [3.63, 3.8) is 0 Å². The molecule has 136 valence electrons. The van der Waals surface area contributed by atoms with Crippen molar-refractivity contribution in [1.82, 2.24) is 4.31 Å². The molecular weight excluding hydrogens is 353 g/mol. The summed E-state index contributed by atoms with van der Waals surface area (Å²) in [5.74, 6) is -0.627. The van der Waals surface area contributed by atoms with Gasteiger partial charge in [0, 0.05) is 39.1 Å². The third-order valence-corrected chi connectivity index (χ3v) is 9.16. The number of sulfonamides is 1. The van der Waals surface area contributed by atoms with Crippen molar-refractivity contribution in [2.45, 2.75) is 36.5 Å². The lowest BCUT2D eigenvalue weighted by Gasteiger charge is -2.47. The van der Waals surface area contributed by atoms with Crippen LogP contribution in [-0.2, 0) is 23.6 Å². The third-order valence-electron chi connectivity index (χ3n) is 4.64. The molecule has 1 heterocycles. The number of hydrogen-bond donors (Lipinski definition) is 1. The Morgan fingerprint density at radius 3 is 2.25 bits per heavy atom. The van der Waals surface area contributed by atoms with Gasteiger partial charge in [-0.2, -0.15) is 4.31 Å². The van der Waals surface area contributed by atoms with Crippen molar-refractivity contribution in [1.29, 1.82) is 0 Å². The fourth-order valence-electron chi connectivity index (χ4n) is 3.17. The van der Waals surface area contributed by atoms with Crippen LogP contribution in [0.25, 0.3) is 0 Å². The number of rotatable bonds is 5. The maximum Gasteiger partial charge on any atom is 0.361 e. The van der Waals surface area contributed by atoms with E-state index in [4.69, 9.17) is 9.05 Å². The van der Waals surface area contributed by atoms with Gasteiger partial charge in [-0.3, -0.25) is 4.57 Å². The summed E-state index contributed by atoms with van der Waals surface area (Å²) in [6.45, 7) is 3.34. The van der Waals surface area contributed by atoms with E-state index in [0.717, 1.165) is 0 Å². The first-order valence-corrected chi connectivity index (χ1v) is 10.6. The third kappa shape index (κ3) is 3.07. The molecular formula is C15H24NO6PS. The second kappa shape index (κ2) is 6.86. The molecule has 2 rings (SSSR count). The van der Waals surface area contributed by atoms with Crippen molar-refractivity contribution in [3.8, 4) is 0 Å². The lowest BCUT2D eigenvalue weighted by Crippen LogP contribution is -2.56. The SMILES string of the molecule is COP(=O)(OC)[C@]1(O)C[C@H](C)N(S(=O)(=O)c2ccccc2)C[C@@H]1C. The zero-order valence-electron chi connectivity index (χ0n) is 14.2. The lowest BCUT2D eigenvalue weighted by atomic mass is 9.93. The molecule has 1 N–H and O–H groups in total. The lowest BCUT2D eigenvalue weighted by molar-refractivity contribution is -0.0225. The van der Waals surface area contributed by atoms with E-state index in [0.29, 0.717) is 0 Å². The maximum absolute atomic E-state index is 12.9. The molecule has 0 aromatic heterocycles. The van der Waals surface area contributed by atoms with Crippen molar-refractivity contribution in [3.05, 3.63) is 30.3 Å². The van der Waals surface area contributed by atoms with Gasteiger partial charge in [-0.25, -0.2) is 8.42 Å². The van der Waals surface area contributed by atoms with Gasteiger partial charge >= 0.3 is 7.60 Å². The fourth-order valence-corrected chi connectivity index (χ4v) is 6.80. The summed E-state index contributed by atoms with van der Waals surface area (Å²) in [6.07, 6.45) is -0.0425. The Labute approximate surface area is 143 Å². The minimum Gasteiger partial charge on any atom is -0.377 e. The van der Waals surface area contributed by atoms with Crippen molar-refractivity contribution in [2.75, 3.05) is 20.8 Å². The molecule has 7 nitrogen and oxygen atoms in total. The van der Waals surface area contributed by atoms with Crippen LogP contribution < -0.4 is 0 Å². The van der Waals surface area contributed by atoms with Gasteiger partial charge in [0.05, 0.1) is 4.90 Å². The second-order valence-corrected chi connectivity index (χ2v) is 10.5. The van der Waals surface area contributed by atoms with Crippen LogP contribution in [0.15, 0.2) is 35.2 Å². The average molecular weight is 377 g/mol. The summed E-state index contributed by atoms with van der Waals surface area (Å²) in [7, 11) is -5.05.